The predicted molar refractivity (Wildman–Crippen MR) is 153 cm³/mol. The normalized spacial score (nSPS) is 14.5. The average Bonchev–Trinajstić information content (AvgIpc) is 3.42. The lowest BCUT2D eigenvalue weighted by atomic mass is 9.93. The number of aromatic nitrogens is 2. The van der Waals surface area contributed by atoms with E-state index in [1.165, 1.54) is 24.3 Å². The summed E-state index contributed by atoms with van der Waals surface area (Å²) >= 11 is 0. The maximum atomic E-state index is 13.8. The maximum Gasteiger partial charge on any atom is 0.271 e. The Balaban J connectivity index is 1.63. The van der Waals surface area contributed by atoms with Crippen LogP contribution in [0.5, 0.6) is 5.75 Å². The number of para-hydroxylation sites is 1. The molecule has 1 aromatic heterocycles. The van der Waals surface area contributed by atoms with Gasteiger partial charge in [-0.3, -0.25) is 14.5 Å². The van der Waals surface area contributed by atoms with E-state index >= 15 is 0 Å². The van der Waals surface area contributed by atoms with Gasteiger partial charge in [0.1, 0.15) is 28.9 Å². The number of nitrogens with zero attached hydrogens (tertiary/aromatic N) is 4. The molecule has 0 unspecified atom stereocenters. The Morgan fingerprint density at radius 3 is 2.46 bits per heavy atom. The van der Waals surface area contributed by atoms with E-state index < -0.39 is 17.6 Å². The molecule has 0 aliphatic carbocycles. The highest BCUT2D eigenvalue weighted by molar-refractivity contribution is 6.19. The number of carbonyl (C=O) groups is 2. The van der Waals surface area contributed by atoms with Gasteiger partial charge in [0, 0.05) is 22.9 Å². The van der Waals surface area contributed by atoms with Gasteiger partial charge >= 0.3 is 0 Å². The Hall–Kier alpha value is -5.29. The predicted octanol–water partition coefficient (Wildman–Crippen LogP) is 6.26. The van der Waals surface area contributed by atoms with Crippen LogP contribution < -0.4 is 4.74 Å². The monoisotopic (exact) mass is 546 g/mol. The molecule has 0 saturated carbocycles. The van der Waals surface area contributed by atoms with Crippen molar-refractivity contribution in [1.29, 1.82) is 5.26 Å². The van der Waals surface area contributed by atoms with E-state index in [1.807, 2.05) is 73.8 Å². The summed E-state index contributed by atoms with van der Waals surface area (Å²) in [5, 5.41) is 14.7. The van der Waals surface area contributed by atoms with Crippen molar-refractivity contribution in [1.82, 2.24) is 14.7 Å². The number of benzene rings is 3. The number of carbonyl (C=O) groups excluding carboxylic acids is 2. The Kier molecular flexibility index (Phi) is 7.88. The molecular formula is C33H27FN4O3. The summed E-state index contributed by atoms with van der Waals surface area (Å²) in [6.45, 7) is 4.11. The minimum atomic E-state index is -0.683. The number of rotatable bonds is 8. The molecule has 204 valence electrons. The molecule has 0 radical (unpaired) electrons. The third kappa shape index (κ3) is 5.70. The van der Waals surface area contributed by atoms with Gasteiger partial charge in [-0.2, -0.15) is 10.4 Å². The van der Waals surface area contributed by atoms with Gasteiger partial charge in [-0.15, -0.1) is 0 Å². The van der Waals surface area contributed by atoms with Gasteiger partial charge in [-0.05, 0) is 67.0 Å². The van der Waals surface area contributed by atoms with Crippen LogP contribution in [-0.4, -0.2) is 33.1 Å². The summed E-state index contributed by atoms with van der Waals surface area (Å²) in [5.41, 5.74) is 3.76. The third-order valence-corrected chi connectivity index (χ3v) is 6.72. The van der Waals surface area contributed by atoms with E-state index in [4.69, 9.17) is 9.84 Å². The number of hydrogen-bond donors (Lipinski definition) is 0. The number of halogens is 1. The summed E-state index contributed by atoms with van der Waals surface area (Å²) in [7, 11) is 0. The van der Waals surface area contributed by atoms with Crippen LogP contribution in [0.15, 0.2) is 102 Å². The Bertz CT molecular complexity index is 1710. The summed E-state index contributed by atoms with van der Waals surface area (Å²) in [6, 6.07) is 24.6. The smallest absolute Gasteiger partial charge is 0.271 e. The van der Waals surface area contributed by atoms with Crippen LogP contribution in [0.2, 0.25) is 0 Å². The molecular weight excluding hydrogens is 519 g/mol. The minimum Gasteiger partial charge on any atom is -0.494 e. The van der Waals surface area contributed by atoms with Crippen LogP contribution in [0.4, 0.5) is 4.39 Å². The van der Waals surface area contributed by atoms with Gasteiger partial charge in [-0.25, -0.2) is 9.07 Å². The molecule has 7 nitrogen and oxygen atoms in total. The Labute approximate surface area is 237 Å². The highest BCUT2D eigenvalue weighted by atomic mass is 19.1. The highest BCUT2D eigenvalue weighted by Gasteiger charge is 2.35. The number of hydrogen-bond acceptors (Lipinski definition) is 5. The molecule has 0 bridgehead atoms. The average molecular weight is 547 g/mol. The van der Waals surface area contributed by atoms with Gasteiger partial charge in [0.05, 0.1) is 18.8 Å². The molecule has 0 spiro atoms. The lowest BCUT2D eigenvalue weighted by molar-refractivity contribution is -0.141. The van der Waals surface area contributed by atoms with Crippen molar-refractivity contribution < 1.29 is 18.7 Å². The Morgan fingerprint density at radius 2 is 1.76 bits per heavy atom. The van der Waals surface area contributed by atoms with E-state index in [9.17, 15) is 19.2 Å². The molecule has 4 aromatic rings. The van der Waals surface area contributed by atoms with Crippen molar-refractivity contribution in [3.05, 3.63) is 119 Å². The molecule has 0 fully saturated rings. The maximum absolute atomic E-state index is 13.8. The topological polar surface area (TPSA) is 88.2 Å². The quantitative estimate of drug-likeness (QED) is 0.192. The lowest BCUT2D eigenvalue weighted by Gasteiger charge is -2.27. The first-order chi connectivity index (χ1) is 19.9. The molecule has 0 atom stereocenters. The second kappa shape index (κ2) is 11.8. The van der Waals surface area contributed by atoms with Crippen molar-refractivity contribution >= 4 is 17.9 Å². The summed E-state index contributed by atoms with van der Waals surface area (Å²) in [6.07, 6.45) is 4.34. The van der Waals surface area contributed by atoms with Crippen molar-refractivity contribution in [2.24, 2.45) is 0 Å². The van der Waals surface area contributed by atoms with Gasteiger partial charge < -0.3 is 4.74 Å². The first-order valence-electron chi connectivity index (χ1n) is 13.2. The number of nitriles is 1. The fraction of sp³-hybridized carbons (Fsp3) is 0.152. The first kappa shape index (κ1) is 27.3. The fourth-order valence-electron chi connectivity index (χ4n) is 4.58. The lowest BCUT2D eigenvalue weighted by Crippen LogP contribution is -2.42. The zero-order valence-corrected chi connectivity index (χ0v) is 22.7. The number of amides is 2. The molecule has 1 aliphatic rings. The molecule has 0 N–H and O–H groups in total. The summed E-state index contributed by atoms with van der Waals surface area (Å²) in [4.78, 5) is 27.9. The van der Waals surface area contributed by atoms with E-state index in [1.54, 1.807) is 17.7 Å². The zero-order valence-electron chi connectivity index (χ0n) is 22.7. The zero-order chi connectivity index (χ0) is 28.9. The van der Waals surface area contributed by atoms with Crippen LogP contribution in [0.3, 0.4) is 0 Å². The van der Waals surface area contributed by atoms with Gasteiger partial charge in [-0.1, -0.05) is 49.4 Å². The van der Waals surface area contributed by atoms with Gasteiger partial charge in [0.15, 0.2) is 0 Å². The Morgan fingerprint density at radius 1 is 1.00 bits per heavy atom. The molecule has 2 amide bonds. The van der Waals surface area contributed by atoms with Crippen molar-refractivity contribution in [2.45, 2.75) is 26.8 Å². The molecule has 3 aromatic carbocycles. The second-order valence-corrected chi connectivity index (χ2v) is 9.58. The van der Waals surface area contributed by atoms with Crippen LogP contribution in [0.1, 0.15) is 31.4 Å². The molecule has 41 heavy (non-hydrogen) atoms. The van der Waals surface area contributed by atoms with E-state index in [2.05, 4.69) is 0 Å². The molecule has 5 rings (SSSR count). The minimum absolute atomic E-state index is 0.0965. The van der Waals surface area contributed by atoms with Gasteiger partial charge in [0.2, 0.25) is 0 Å². The van der Waals surface area contributed by atoms with Crippen molar-refractivity contribution in [2.75, 3.05) is 6.61 Å². The van der Waals surface area contributed by atoms with Crippen molar-refractivity contribution in [3.8, 4) is 28.8 Å². The van der Waals surface area contributed by atoms with Crippen LogP contribution in [0, 0.1) is 17.1 Å². The van der Waals surface area contributed by atoms with Gasteiger partial charge in [0.25, 0.3) is 11.8 Å². The first-order valence-corrected chi connectivity index (χ1v) is 13.2. The van der Waals surface area contributed by atoms with Crippen LogP contribution >= 0.6 is 0 Å². The third-order valence-electron chi connectivity index (χ3n) is 6.72. The molecule has 2 heterocycles. The van der Waals surface area contributed by atoms with E-state index in [0.717, 1.165) is 22.6 Å². The second-order valence-electron chi connectivity index (χ2n) is 9.58. The SMILES string of the molecule is CCCOc1cccc(-c2nn(-c3ccccc3)cc2/C=C2/C(=O)N(Cc3ccc(F)cc3)C(=O)C(C#N)=C2C)c1. The standard InChI is InChI=1S/C33H27FN4O3/c1-3-16-41-28-11-7-8-24(17-28)31-25(21-38(36-31)27-9-5-4-6-10-27)18-29-22(2)30(19-35)33(40)37(32(29)39)20-23-12-14-26(34)15-13-23/h4-15,17-18,21H,3,16,20H2,1-2H3/b29-18+. The molecule has 1 aliphatic heterocycles. The van der Waals surface area contributed by atoms with Crippen LogP contribution in [0.25, 0.3) is 23.0 Å². The summed E-state index contributed by atoms with van der Waals surface area (Å²) in [5.74, 6) is -0.956. The highest BCUT2D eigenvalue weighted by Crippen LogP contribution is 2.33. The molecule has 8 heteroatoms. The number of imide groups is 1. The van der Waals surface area contributed by atoms with Crippen molar-refractivity contribution in [3.63, 3.8) is 0 Å². The molecule has 0 saturated heterocycles. The van der Waals surface area contributed by atoms with E-state index in [-0.39, 0.29) is 23.3 Å². The summed E-state index contributed by atoms with van der Waals surface area (Å²) < 4.78 is 21.0. The largest absolute Gasteiger partial charge is 0.494 e. The van der Waals surface area contributed by atoms with Crippen LogP contribution in [-0.2, 0) is 16.1 Å². The number of ether oxygens (including phenoxy) is 1. The fourth-order valence-corrected chi connectivity index (χ4v) is 4.58. The van der Waals surface area contributed by atoms with E-state index in [0.29, 0.717) is 29.2 Å².